The molecule has 0 radical (unpaired) electrons. The molecule has 0 aliphatic rings. The van der Waals surface area contributed by atoms with Crippen molar-refractivity contribution in [2.75, 3.05) is 26.9 Å². The van der Waals surface area contributed by atoms with Crippen LogP contribution >= 0.6 is 35.3 Å². The van der Waals surface area contributed by atoms with Gasteiger partial charge in [0.1, 0.15) is 12.4 Å². The normalized spacial score (nSPS) is 11.0. The largest absolute Gasteiger partial charge is 0.491 e. The lowest BCUT2D eigenvalue weighted by atomic mass is 10.1. The second-order valence-electron chi connectivity index (χ2n) is 5.95. The van der Waals surface area contributed by atoms with Crippen molar-refractivity contribution in [1.29, 1.82) is 0 Å². The highest BCUT2D eigenvalue weighted by Crippen LogP contribution is 2.20. The number of hydrogen-bond donors (Lipinski definition) is 2. The van der Waals surface area contributed by atoms with E-state index in [4.69, 9.17) is 9.47 Å². The van der Waals surface area contributed by atoms with E-state index in [-0.39, 0.29) is 24.0 Å². The summed E-state index contributed by atoms with van der Waals surface area (Å²) in [6, 6.07) is 10.5. The third kappa shape index (κ3) is 8.49. The maximum absolute atomic E-state index is 5.89. The smallest absolute Gasteiger partial charge is 0.191 e. The van der Waals surface area contributed by atoms with E-state index >= 15 is 0 Å². The van der Waals surface area contributed by atoms with Crippen molar-refractivity contribution < 1.29 is 9.47 Å². The molecular weight excluding hydrogens is 473 g/mol. The predicted octanol–water partition coefficient (Wildman–Crippen LogP) is 4.26. The molecule has 0 aliphatic heterocycles. The summed E-state index contributed by atoms with van der Waals surface area (Å²) in [5.41, 5.74) is 2.28. The number of rotatable bonds is 9. The van der Waals surface area contributed by atoms with Crippen LogP contribution in [0.25, 0.3) is 0 Å². The van der Waals surface area contributed by atoms with Crippen molar-refractivity contribution in [3.8, 4) is 5.75 Å². The molecule has 2 aromatic rings. The Bertz CT molecular complexity index is 719. The number of halogens is 1. The quantitative estimate of drug-likeness (QED) is 0.233. The number of guanidine groups is 1. The minimum absolute atomic E-state index is 0. The van der Waals surface area contributed by atoms with E-state index in [2.05, 4.69) is 59.8 Å². The van der Waals surface area contributed by atoms with Gasteiger partial charge in [-0.05, 0) is 44.5 Å². The van der Waals surface area contributed by atoms with Crippen LogP contribution in [0.2, 0.25) is 0 Å². The summed E-state index contributed by atoms with van der Waals surface area (Å²) in [4.78, 5) is 6.91. The van der Waals surface area contributed by atoms with Gasteiger partial charge in [-0.3, -0.25) is 4.99 Å². The van der Waals surface area contributed by atoms with Crippen LogP contribution in [0.1, 0.15) is 27.8 Å². The van der Waals surface area contributed by atoms with Crippen molar-refractivity contribution in [3.63, 3.8) is 0 Å². The highest BCUT2D eigenvalue weighted by atomic mass is 127. The second-order valence-corrected chi connectivity index (χ2v) is 7.32. The highest BCUT2D eigenvalue weighted by molar-refractivity contribution is 14.0. The van der Waals surface area contributed by atoms with Crippen LogP contribution in [-0.4, -0.2) is 32.8 Å². The molecule has 0 atom stereocenters. The van der Waals surface area contributed by atoms with Crippen LogP contribution in [-0.2, 0) is 17.8 Å². The van der Waals surface area contributed by atoms with Crippen LogP contribution in [0.15, 0.2) is 35.3 Å². The average Bonchev–Trinajstić information content (AvgIpc) is 3.05. The highest BCUT2D eigenvalue weighted by Gasteiger charge is 2.06. The van der Waals surface area contributed by atoms with E-state index in [1.807, 2.05) is 6.92 Å². The van der Waals surface area contributed by atoms with Crippen molar-refractivity contribution >= 4 is 41.3 Å². The molecule has 0 saturated carbocycles. The summed E-state index contributed by atoms with van der Waals surface area (Å²) in [6.45, 7) is 9.43. The van der Waals surface area contributed by atoms with Crippen LogP contribution in [0.5, 0.6) is 5.75 Å². The zero-order valence-corrected chi connectivity index (χ0v) is 19.6. The number of benzene rings is 1. The summed E-state index contributed by atoms with van der Waals surface area (Å²) >= 11 is 1.79. The molecule has 0 unspecified atom stereocenters. The average molecular weight is 503 g/mol. The van der Waals surface area contributed by atoms with Crippen LogP contribution in [0.3, 0.4) is 0 Å². The first-order valence-corrected chi connectivity index (χ1v) is 9.74. The van der Waals surface area contributed by atoms with Gasteiger partial charge < -0.3 is 20.1 Å². The van der Waals surface area contributed by atoms with E-state index in [0.717, 1.165) is 23.8 Å². The Balaban J connectivity index is 0.00000364. The number of nitrogens with one attached hydrogen (secondary N) is 2. The van der Waals surface area contributed by atoms with E-state index < -0.39 is 0 Å². The molecule has 0 fully saturated rings. The fourth-order valence-electron chi connectivity index (χ4n) is 2.45. The molecule has 0 aliphatic carbocycles. The molecule has 1 aromatic heterocycles. The predicted molar refractivity (Wildman–Crippen MR) is 125 cm³/mol. The van der Waals surface area contributed by atoms with E-state index in [1.54, 1.807) is 18.4 Å². The Morgan fingerprint density at radius 1 is 1.07 bits per heavy atom. The Hall–Kier alpha value is -1.32. The summed E-state index contributed by atoms with van der Waals surface area (Å²) in [7, 11) is 1.78. The van der Waals surface area contributed by atoms with Gasteiger partial charge in [0.05, 0.1) is 13.2 Å². The lowest BCUT2D eigenvalue weighted by Crippen LogP contribution is -2.36. The minimum atomic E-state index is 0. The maximum Gasteiger partial charge on any atom is 0.191 e. The number of ether oxygens (including phenoxy) is 2. The lowest BCUT2D eigenvalue weighted by molar-refractivity contribution is 0.110. The summed E-state index contributed by atoms with van der Waals surface area (Å²) in [5, 5.41) is 6.71. The molecule has 150 valence electrons. The zero-order valence-electron chi connectivity index (χ0n) is 16.5. The molecule has 1 heterocycles. The van der Waals surface area contributed by atoms with Crippen LogP contribution < -0.4 is 15.4 Å². The third-order valence-electron chi connectivity index (χ3n) is 3.81. The van der Waals surface area contributed by atoms with Gasteiger partial charge in [0, 0.05) is 35.5 Å². The molecule has 0 amide bonds. The maximum atomic E-state index is 5.89. The third-order valence-corrected chi connectivity index (χ3v) is 4.81. The van der Waals surface area contributed by atoms with Gasteiger partial charge in [0.2, 0.25) is 0 Å². The number of nitrogens with zero attached hydrogens (tertiary/aromatic N) is 1. The van der Waals surface area contributed by atoms with Crippen molar-refractivity contribution in [1.82, 2.24) is 10.6 Å². The van der Waals surface area contributed by atoms with Crippen LogP contribution in [0, 0.1) is 13.8 Å². The number of aryl methyl sites for hydroxylation is 2. The Kier molecular flexibility index (Phi) is 11.4. The van der Waals surface area contributed by atoms with Gasteiger partial charge in [-0.1, -0.05) is 12.1 Å². The summed E-state index contributed by atoms with van der Waals surface area (Å²) in [5.74, 6) is 1.67. The van der Waals surface area contributed by atoms with Gasteiger partial charge in [-0.25, -0.2) is 0 Å². The Morgan fingerprint density at radius 3 is 2.52 bits per heavy atom. The van der Waals surface area contributed by atoms with Gasteiger partial charge in [0.15, 0.2) is 5.96 Å². The molecule has 27 heavy (non-hydrogen) atoms. The fourth-order valence-corrected chi connectivity index (χ4v) is 3.28. The first-order valence-electron chi connectivity index (χ1n) is 8.92. The molecule has 0 bridgehead atoms. The van der Waals surface area contributed by atoms with Crippen molar-refractivity contribution in [2.24, 2.45) is 4.99 Å². The van der Waals surface area contributed by atoms with Gasteiger partial charge in [-0.15, -0.1) is 35.3 Å². The molecular formula is C20H30IN3O2S. The molecule has 0 spiro atoms. The monoisotopic (exact) mass is 503 g/mol. The van der Waals surface area contributed by atoms with E-state index in [0.29, 0.717) is 26.4 Å². The standard InChI is InChI=1S/C20H29N3O2S.HI/c1-5-24-10-11-25-19-12-15(2)6-8-17(19)13-22-20(21-4)23-14-18-9-7-16(3)26-18;/h6-9,12H,5,10-11,13-14H2,1-4H3,(H2,21,22,23);1H. The van der Waals surface area contributed by atoms with Gasteiger partial charge >= 0.3 is 0 Å². The molecule has 7 heteroatoms. The second kappa shape index (κ2) is 13.0. The molecule has 2 N–H and O–H groups in total. The SMILES string of the molecule is CCOCCOc1cc(C)ccc1CNC(=NC)NCc1ccc(C)s1.I. The first kappa shape index (κ1) is 23.7. The number of thiophene rings is 1. The topological polar surface area (TPSA) is 54.9 Å². The van der Waals surface area contributed by atoms with Crippen molar-refractivity contribution in [3.05, 3.63) is 51.2 Å². The van der Waals surface area contributed by atoms with E-state index in [1.165, 1.54) is 15.3 Å². The minimum Gasteiger partial charge on any atom is -0.491 e. The summed E-state index contributed by atoms with van der Waals surface area (Å²) in [6.07, 6.45) is 0. The van der Waals surface area contributed by atoms with Crippen LogP contribution in [0.4, 0.5) is 0 Å². The van der Waals surface area contributed by atoms with Crippen molar-refractivity contribution in [2.45, 2.75) is 33.9 Å². The van der Waals surface area contributed by atoms with E-state index in [9.17, 15) is 0 Å². The lowest BCUT2D eigenvalue weighted by Gasteiger charge is -2.15. The molecule has 2 rings (SSSR count). The van der Waals surface area contributed by atoms with Gasteiger partial charge in [0.25, 0.3) is 0 Å². The Labute approximate surface area is 183 Å². The molecule has 0 saturated heterocycles. The van der Waals surface area contributed by atoms with Gasteiger partial charge in [-0.2, -0.15) is 0 Å². The first-order chi connectivity index (χ1) is 12.6. The fraction of sp³-hybridized carbons (Fsp3) is 0.450. The molecule has 5 nitrogen and oxygen atoms in total. The number of aliphatic imine (C=N–C) groups is 1. The zero-order chi connectivity index (χ0) is 18.8. The summed E-state index contributed by atoms with van der Waals surface area (Å²) < 4.78 is 11.2. The Morgan fingerprint density at radius 2 is 1.85 bits per heavy atom. The molecule has 1 aromatic carbocycles. The number of hydrogen-bond acceptors (Lipinski definition) is 4.